The fourth-order valence-electron chi connectivity index (χ4n) is 4.16. The highest BCUT2D eigenvalue weighted by Gasteiger charge is 2.36. The van der Waals surface area contributed by atoms with Crippen LogP contribution in [-0.2, 0) is 19.4 Å². The van der Waals surface area contributed by atoms with E-state index in [0.717, 1.165) is 40.9 Å². The van der Waals surface area contributed by atoms with E-state index >= 15 is 0 Å². The summed E-state index contributed by atoms with van der Waals surface area (Å²) < 4.78 is 14.0. The molecule has 0 saturated heterocycles. The minimum absolute atomic E-state index is 0.169. The number of pyridine rings is 1. The van der Waals surface area contributed by atoms with Crippen molar-refractivity contribution in [2.75, 3.05) is 0 Å². The topological polar surface area (TPSA) is 24.9 Å². The van der Waals surface area contributed by atoms with E-state index in [9.17, 15) is 4.39 Å². The molecule has 0 unspecified atom stereocenters. The molecule has 0 atom stereocenters. The third-order valence-corrected chi connectivity index (χ3v) is 6.82. The number of rotatable bonds is 9. The number of aryl methyl sites for hydroxylation is 3. The van der Waals surface area contributed by atoms with Crippen LogP contribution in [0.5, 0.6) is 0 Å². The molecule has 1 aliphatic rings. The van der Waals surface area contributed by atoms with Gasteiger partial charge in [0.2, 0.25) is 0 Å². The molecule has 166 valence electrons. The third kappa shape index (κ3) is 5.09. The van der Waals surface area contributed by atoms with Gasteiger partial charge in [-0.2, -0.15) is 0 Å². The van der Waals surface area contributed by atoms with Gasteiger partial charge in [0.1, 0.15) is 5.82 Å². The molecule has 2 nitrogen and oxygen atoms in total. The highest BCUT2D eigenvalue weighted by atomic mass is 19.1. The van der Waals surface area contributed by atoms with Gasteiger partial charge in [-0.25, -0.2) is 4.39 Å². The second kappa shape index (κ2) is 9.28. The Morgan fingerprint density at radius 2 is 1.94 bits per heavy atom. The summed E-state index contributed by atoms with van der Waals surface area (Å²) in [7, 11) is 0. The number of nitrogens with zero attached hydrogens (tertiary/aromatic N) is 1. The molecule has 1 aliphatic carbocycles. The second-order valence-corrected chi connectivity index (χ2v) is 9.46. The minimum Gasteiger partial charge on any atom is -0.381 e. The Hall–Kier alpha value is -2.94. The Bertz CT molecular complexity index is 1130. The van der Waals surface area contributed by atoms with E-state index in [1.165, 1.54) is 30.4 Å². The largest absolute Gasteiger partial charge is 0.381 e. The fourth-order valence-corrected chi connectivity index (χ4v) is 4.16. The van der Waals surface area contributed by atoms with Crippen molar-refractivity contribution < 1.29 is 4.39 Å². The van der Waals surface area contributed by atoms with Crippen molar-refractivity contribution in [2.45, 2.75) is 59.4 Å². The van der Waals surface area contributed by atoms with E-state index in [2.05, 4.69) is 55.0 Å². The summed E-state index contributed by atoms with van der Waals surface area (Å²) in [5.74, 6) is -0.169. The van der Waals surface area contributed by atoms with E-state index in [1.54, 1.807) is 13.0 Å². The zero-order valence-corrected chi connectivity index (χ0v) is 19.5. The lowest BCUT2D eigenvalue weighted by Gasteiger charge is -2.18. The quantitative estimate of drug-likeness (QED) is 0.388. The molecule has 1 fully saturated rings. The van der Waals surface area contributed by atoms with Crippen LogP contribution in [0.1, 0.15) is 60.9 Å². The normalized spacial score (nSPS) is 14.2. The molecule has 3 heteroatoms. The summed E-state index contributed by atoms with van der Waals surface area (Å²) in [5, 5.41) is 3.44. The number of nitrogens with one attached hydrogen (secondary N) is 1. The van der Waals surface area contributed by atoms with Crippen molar-refractivity contribution in [3.8, 4) is 11.3 Å². The zero-order chi connectivity index (χ0) is 22.7. The maximum absolute atomic E-state index is 14.0. The van der Waals surface area contributed by atoms with Crippen LogP contribution < -0.4 is 5.32 Å². The molecule has 3 aromatic rings. The molecule has 0 spiro atoms. The summed E-state index contributed by atoms with van der Waals surface area (Å²) in [6.07, 6.45) is 7.68. The van der Waals surface area contributed by atoms with Gasteiger partial charge in [0.05, 0.1) is 5.69 Å². The Balaban J connectivity index is 1.61. The summed E-state index contributed by atoms with van der Waals surface area (Å²) in [5.41, 5.74) is 8.78. The molecule has 1 saturated carbocycles. The second-order valence-electron chi connectivity index (χ2n) is 9.46. The van der Waals surface area contributed by atoms with Crippen molar-refractivity contribution in [3.05, 3.63) is 94.9 Å². The summed E-state index contributed by atoms with van der Waals surface area (Å²) >= 11 is 0. The Morgan fingerprint density at radius 3 is 2.66 bits per heavy atom. The SMILES string of the molecule is C=C(NCc1ccc(C)c(F)c1)c1cc(-c2ncccc2CC)ccc1CCC1(C)CC1. The Morgan fingerprint density at radius 1 is 1.12 bits per heavy atom. The fraction of sp³-hybridized carbons (Fsp3) is 0.345. The van der Waals surface area contributed by atoms with Gasteiger partial charge in [-0.1, -0.05) is 50.8 Å². The molecule has 4 rings (SSSR count). The van der Waals surface area contributed by atoms with Gasteiger partial charge in [0.15, 0.2) is 0 Å². The van der Waals surface area contributed by atoms with Crippen molar-refractivity contribution in [2.24, 2.45) is 5.41 Å². The molecule has 0 radical (unpaired) electrons. The van der Waals surface area contributed by atoms with Gasteiger partial charge in [-0.15, -0.1) is 0 Å². The maximum atomic E-state index is 14.0. The zero-order valence-electron chi connectivity index (χ0n) is 19.5. The highest BCUT2D eigenvalue weighted by Crippen LogP contribution is 2.49. The lowest BCUT2D eigenvalue weighted by Crippen LogP contribution is -2.13. The van der Waals surface area contributed by atoms with Crippen LogP contribution in [-0.4, -0.2) is 4.98 Å². The molecule has 1 heterocycles. The van der Waals surface area contributed by atoms with Gasteiger partial charge in [-0.05, 0) is 84.9 Å². The molecule has 1 aromatic heterocycles. The van der Waals surface area contributed by atoms with Crippen LogP contribution in [0.25, 0.3) is 17.0 Å². The van der Waals surface area contributed by atoms with E-state index in [1.807, 2.05) is 24.4 Å². The first-order valence-electron chi connectivity index (χ1n) is 11.6. The van der Waals surface area contributed by atoms with Crippen molar-refractivity contribution >= 4 is 5.70 Å². The Labute approximate surface area is 191 Å². The first kappa shape index (κ1) is 22.3. The number of aromatic nitrogens is 1. The third-order valence-electron chi connectivity index (χ3n) is 6.82. The van der Waals surface area contributed by atoms with E-state index in [0.29, 0.717) is 17.5 Å². The van der Waals surface area contributed by atoms with E-state index in [-0.39, 0.29) is 5.82 Å². The number of benzene rings is 2. The monoisotopic (exact) mass is 428 g/mol. The van der Waals surface area contributed by atoms with Crippen LogP contribution in [0.3, 0.4) is 0 Å². The molecular formula is C29H33FN2. The first-order chi connectivity index (χ1) is 15.4. The lowest BCUT2D eigenvalue weighted by atomic mass is 9.92. The average Bonchev–Trinajstić information content (AvgIpc) is 3.55. The van der Waals surface area contributed by atoms with Crippen molar-refractivity contribution in [1.29, 1.82) is 0 Å². The predicted octanol–water partition coefficient (Wildman–Crippen LogP) is 7.25. The summed E-state index contributed by atoms with van der Waals surface area (Å²) in [4.78, 5) is 4.66. The minimum atomic E-state index is -0.169. The van der Waals surface area contributed by atoms with E-state index in [4.69, 9.17) is 0 Å². The van der Waals surface area contributed by atoms with Crippen LogP contribution >= 0.6 is 0 Å². The smallest absolute Gasteiger partial charge is 0.126 e. The average molecular weight is 429 g/mol. The molecule has 2 aromatic carbocycles. The summed E-state index contributed by atoms with van der Waals surface area (Å²) in [6, 6.07) is 16.2. The summed E-state index contributed by atoms with van der Waals surface area (Å²) in [6.45, 7) is 11.2. The molecule has 1 N–H and O–H groups in total. The standard InChI is InChI=1S/C29H33FN2/c1-5-23-7-6-16-31-28(23)25-11-10-24(12-13-29(4)14-15-29)26(18-25)21(3)32-19-22-9-8-20(2)27(30)17-22/h6-11,16-18,32H,3,5,12-15,19H2,1-2,4H3. The van der Waals surface area contributed by atoms with Crippen LogP contribution in [0.4, 0.5) is 4.39 Å². The molecule has 0 bridgehead atoms. The van der Waals surface area contributed by atoms with Gasteiger partial charge in [0.25, 0.3) is 0 Å². The lowest BCUT2D eigenvalue weighted by molar-refractivity contribution is 0.518. The van der Waals surface area contributed by atoms with Crippen LogP contribution in [0, 0.1) is 18.2 Å². The first-order valence-corrected chi connectivity index (χ1v) is 11.6. The number of hydrogen-bond donors (Lipinski definition) is 1. The number of hydrogen-bond acceptors (Lipinski definition) is 2. The predicted molar refractivity (Wildman–Crippen MR) is 132 cm³/mol. The van der Waals surface area contributed by atoms with Gasteiger partial charge in [0, 0.05) is 29.6 Å². The van der Waals surface area contributed by atoms with E-state index < -0.39 is 0 Å². The van der Waals surface area contributed by atoms with Crippen molar-refractivity contribution in [3.63, 3.8) is 0 Å². The highest BCUT2D eigenvalue weighted by molar-refractivity contribution is 5.73. The maximum Gasteiger partial charge on any atom is 0.126 e. The van der Waals surface area contributed by atoms with Gasteiger partial charge in [-0.3, -0.25) is 4.98 Å². The van der Waals surface area contributed by atoms with Gasteiger partial charge >= 0.3 is 0 Å². The van der Waals surface area contributed by atoms with Crippen LogP contribution in [0.2, 0.25) is 0 Å². The van der Waals surface area contributed by atoms with Crippen LogP contribution in [0.15, 0.2) is 61.3 Å². The van der Waals surface area contributed by atoms with Gasteiger partial charge < -0.3 is 5.32 Å². The molecule has 32 heavy (non-hydrogen) atoms. The number of halogens is 1. The molecule has 0 aliphatic heterocycles. The van der Waals surface area contributed by atoms with Crippen molar-refractivity contribution in [1.82, 2.24) is 10.3 Å². The molecule has 0 amide bonds. The Kier molecular flexibility index (Phi) is 6.45. The molecular weight excluding hydrogens is 395 g/mol.